The highest BCUT2D eigenvalue weighted by Crippen LogP contribution is 2.49. The van der Waals surface area contributed by atoms with Gasteiger partial charge in [-0.3, -0.25) is 4.98 Å². The fraction of sp³-hybridized carbons (Fsp3) is 0.364. The Morgan fingerprint density at radius 3 is 3.42 bits per heavy atom. The Labute approximate surface area is 72.1 Å². The van der Waals surface area contributed by atoms with Crippen LogP contribution in [0.4, 0.5) is 0 Å². The monoisotopic (exact) mass is 157 g/mol. The van der Waals surface area contributed by atoms with Gasteiger partial charge in [0.25, 0.3) is 0 Å². The predicted molar refractivity (Wildman–Crippen MR) is 48.8 cm³/mol. The van der Waals surface area contributed by atoms with E-state index in [0.717, 1.165) is 0 Å². The van der Waals surface area contributed by atoms with E-state index in [0.29, 0.717) is 5.92 Å². The molecule has 2 aliphatic carbocycles. The van der Waals surface area contributed by atoms with Gasteiger partial charge in [-0.15, -0.1) is 0 Å². The van der Waals surface area contributed by atoms with Gasteiger partial charge in [-0.05, 0) is 30.9 Å². The zero-order valence-corrected chi connectivity index (χ0v) is 6.96. The average molecular weight is 157 g/mol. The van der Waals surface area contributed by atoms with Gasteiger partial charge in [0.15, 0.2) is 0 Å². The number of hydrogen-bond acceptors (Lipinski definition) is 1. The lowest BCUT2D eigenvalue weighted by Crippen LogP contribution is -2.19. The van der Waals surface area contributed by atoms with Gasteiger partial charge in [-0.1, -0.05) is 12.1 Å². The maximum Gasteiger partial charge on any atom is 0.0553 e. The molecule has 2 aliphatic rings. The molecule has 0 aromatic carbocycles. The average Bonchev–Trinajstić information content (AvgIpc) is 2.14. The number of hydrogen-bond donors (Lipinski definition) is 0. The number of nitrogens with zero attached hydrogens (tertiary/aromatic N) is 1. The fourth-order valence-electron chi connectivity index (χ4n) is 2.32. The topological polar surface area (TPSA) is 12.9 Å². The molecule has 1 unspecified atom stereocenters. The standard InChI is InChI=1S/C11H11N/c1-2-5-9-8(4-1)10-6-3-7-12-11(9)10/h3-4,6-7,9H,1-2,5H2. The van der Waals surface area contributed by atoms with Crippen LogP contribution in [0.3, 0.4) is 0 Å². The number of allylic oxidation sites excluding steroid dienone is 2. The summed E-state index contributed by atoms with van der Waals surface area (Å²) >= 11 is 0. The highest BCUT2D eigenvalue weighted by molar-refractivity contribution is 5.82. The Hall–Kier alpha value is -1.11. The molecule has 1 heterocycles. The van der Waals surface area contributed by atoms with Crippen molar-refractivity contribution in [1.82, 2.24) is 4.98 Å². The van der Waals surface area contributed by atoms with Gasteiger partial charge >= 0.3 is 0 Å². The summed E-state index contributed by atoms with van der Waals surface area (Å²) in [4.78, 5) is 4.41. The van der Waals surface area contributed by atoms with Crippen LogP contribution in [-0.4, -0.2) is 4.98 Å². The van der Waals surface area contributed by atoms with Crippen LogP contribution in [0.5, 0.6) is 0 Å². The van der Waals surface area contributed by atoms with Gasteiger partial charge < -0.3 is 0 Å². The third kappa shape index (κ3) is 0.663. The quantitative estimate of drug-likeness (QED) is 0.564. The minimum absolute atomic E-state index is 0.690. The van der Waals surface area contributed by atoms with E-state index in [1.807, 2.05) is 12.3 Å². The molecule has 1 heteroatoms. The van der Waals surface area contributed by atoms with Crippen LogP contribution in [0, 0.1) is 0 Å². The van der Waals surface area contributed by atoms with Crippen molar-refractivity contribution in [3.05, 3.63) is 35.7 Å². The highest BCUT2D eigenvalue weighted by atomic mass is 14.7. The van der Waals surface area contributed by atoms with Gasteiger partial charge in [0.05, 0.1) is 5.69 Å². The zero-order valence-electron chi connectivity index (χ0n) is 6.96. The number of aromatic nitrogens is 1. The van der Waals surface area contributed by atoms with Crippen molar-refractivity contribution in [2.45, 2.75) is 25.2 Å². The van der Waals surface area contributed by atoms with Crippen molar-refractivity contribution in [2.75, 3.05) is 0 Å². The van der Waals surface area contributed by atoms with E-state index in [2.05, 4.69) is 17.1 Å². The Kier molecular flexibility index (Phi) is 1.17. The normalized spacial score (nSPS) is 25.0. The first-order chi connectivity index (χ1) is 5.97. The van der Waals surface area contributed by atoms with Crippen molar-refractivity contribution in [2.24, 2.45) is 0 Å². The van der Waals surface area contributed by atoms with Gasteiger partial charge in [0, 0.05) is 17.7 Å². The minimum Gasteiger partial charge on any atom is -0.260 e. The molecule has 1 aromatic rings. The third-order valence-electron chi connectivity index (χ3n) is 2.92. The molecule has 0 spiro atoms. The third-order valence-corrected chi connectivity index (χ3v) is 2.92. The van der Waals surface area contributed by atoms with E-state index in [1.165, 1.54) is 30.5 Å². The molecule has 0 radical (unpaired) electrons. The van der Waals surface area contributed by atoms with E-state index in [-0.39, 0.29) is 0 Å². The first kappa shape index (κ1) is 6.41. The molecule has 1 aromatic heterocycles. The molecule has 3 rings (SSSR count). The summed E-state index contributed by atoms with van der Waals surface area (Å²) in [6, 6.07) is 4.22. The predicted octanol–water partition coefficient (Wildman–Crippen LogP) is 2.75. The van der Waals surface area contributed by atoms with Crippen molar-refractivity contribution in [3.8, 4) is 0 Å². The second-order valence-corrected chi connectivity index (χ2v) is 3.58. The first-order valence-corrected chi connectivity index (χ1v) is 4.62. The molecule has 0 bridgehead atoms. The Bertz CT molecular complexity index is 352. The lowest BCUT2D eigenvalue weighted by atomic mass is 9.71. The molecule has 0 aliphatic heterocycles. The number of rotatable bonds is 0. The minimum atomic E-state index is 0.690. The summed E-state index contributed by atoms with van der Waals surface area (Å²) in [7, 11) is 0. The van der Waals surface area contributed by atoms with E-state index in [1.54, 1.807) is 5.57 Å². The Morgan fingerprint density at radius 2 is 2.42 bits per heavy atom. The molecule has 1 atom stereocenters. The molecular weight excluding hydrogens is 146 g/mol. The molecule has 12 heavy (non-hydrogen) atoms. The fourth-order valence-corrected chi connectivity index (χ4v) is 2.32. The Balaban J connectivity index is 2.16. The van der Waals surface area contributed by atoms with E-state index in [9.17, 15) is 0 Å². The van der Waals surface area contributed by atoms with E-state index < -0.39 is 0 Å². The summed E-state index contributed by atoms with van der Waals surface area (Å²) < 4.78 is 0. The van der Waals surface area contributed by atoms with Gasteiger partial charge in [0.2, 0.25) is 0 Å². The molecule has 0 N–H and O–H groups in total. The van der Waals surface area contributed by atoms with Crippen LogP contribution in [0.15, 0.2) is 24.4 Å². The molecule has 0 amide bonds. The van der Waals surface area contributed by atoms with Crippen LogP contribution >= 0.6 is 0 Å². The molecule has 0 saturated heterocycles. The smallest absolute Gasteiger partial charge is 0.0553 e. The van der Waals surface area contributed by atoms with Crippen molar-refractivity contribution in [3.63, 3.8) is 0 Å². The van der Waals surface area contributed by atoms with Gasteiger partial charge in [-0.2, -0.15) is 0 Å². The lowest BCUT2D eigenvalue weighted by Gasteiger charge is -2.35. The van der Waals surface area contributed by atoms with Gasteiger partial charge in [-0.25, -0.2) is 0 Å². The summed E-state index contributed by atoms with van der Waals surface area (Å²) in [5.41, 5.74) is 4.30. The van der Waals surface area contributed by atoms with Crippen LogP contribution in [0.2, 0.25) is 0 Å². The van der Waals surface area contributed by atoms with Crippen molar-refractivity contribution < 1.29 is 0 Å². The number of fused-ring (bicyclic) bond motifs is 4. The number of pyridine rings is 1. The molecule has 1 nitrogen and oxygen atoms in total. The molecular formula is C11H11N. The SMILES string of the molecule is C1=C2c3cccnc3C2CCC1. The molecule has 60 valence electrons. The Morgan fingerprint density at radius 1 is 1.42 bits per heavy atom. The van der Waals surface area contributed by atoms with Crippen molar-refractivity contribution in [1.29, 1.82) is 0 Å². The highest BCUT2D eigenvalue weighted by Gasteiger charge is 2.33. The molecule has 0 fully saturated rings. The largest absolute Gasteiger partial charge is 0.260 e. The first-order valence-electron chi connectivity index (χ1n) is 4.62. The second kappa shape index (κ2) is 2.19. The zero-order chi connectivity index (χ0) is 7.97. The summed E-state index contributed by atoms with van der Waals surface area (Å²) in [6.45, 7) is 0. The van der Waals surface area contributed by atoms with Crippen LogP contribution in [0.1, 0.15) is 36.4 Å². The molecule has 0 saturated carbocycles. The maximum absolute atomic E-state index is 4.41. The summed E-state index contributed by atoms with van der Waals surface area (Å²) in [5.74, 6) is 0.690. The lowest BCUT2D eigenvalue weighted by molar-refractivity contribution is 0.626. The summed E-state index contributed by atoms with van der Waals surface area (Å²) in [5, 5.41) is 0. The van der Waals surface area contributed by atoms with Crippen LogP contribution in [0.25, 0.3) is 5.57 Å². The van der Waals surface area contributed by atoms with Crippen LogP contribution < -0.4 is 0 Å². The van der Waals surface area contributed by atoms with Gasteiger partial charge in [0.1, 0.15) is 0 Å². The van der Waals surface area contributed by atoms with Crippen LogP contribution in [-0.2, 0) is 0 Å². The summed E-state index contributed by atoms with van der Waals surface area (Å²) in [6.07, 6.45) is 8.21. The van der Waals surface area contributed by atoms with Crippen molar-refractivity contribution >= 4 is 5.57 Å². The second-order valence-electron chi connectivity index (χ2n) is 3.58. The maximum atomic E-state index is 4.41. The van der Waals surface area contributed by atoms with E-state index in [4.69, 9.17) is 0 Å². The van der Waals surface area contributed by atoms with E-state index >= 15 is 0 Å².